The van der Waals surface area contributed by atoms with Crippen LogP contribution in [0.25, 0.3) is 22.4 Å². The first-order valence-corrected chi connectivity index (χ1v) is 6.21. The summed E-state index contributed by atoms with van der Waals surface area (Å²) < 4.78 is 5.77. The zero-order valence-electron chi connectivity index (χ0n) is 10.2. The minimum absolute atomic E-state index is 0.672. The average Bonchev–Trinajstić information content (AvgIpc) is 2.90. The molecule has 94 valence electrons. The van der Waals surface area contributed by atoms with Crippen LogP contribution in [-0.4, -0.2) is 28.1 Å². The lowest BCUT2D eigenvalue weighted by Gasteiger charge is -2.20. The highest BCUT2D eigenvalue weighted by Crippen LogP contribution is 2.37. The van der Waals surface area contributed by atoms with Gasteiger partial charge in [-0.05, 0) is 18.2 Å². The Labute approximate surface area is 109 Å². The lowest BCUT2D eigenvalue weighted by atomic mass is 10.1. The Kier molecular flexibility index (Phi) is 2.17. The van der Waals surface area contributed by atoms with E-state index < -0.39 is 0 Å². The number of anilines is 1. The fourth-order valence-corrected chi connectivity index (χ4v) is 2.34. The Morgan fingerprint density at radius 1 is 1.21 bits per heavy atom. The molecular formula is C14H12N4O. The molecule has 0 saturated heterocycles. The van der Waals surface area contributed by atoms with E-state index in [0.29, 0.717) is 6.61 Å². The van der Waals surface area contributed by atoms with E-state index in [9.17, 15) is 0 Å². The molecule has 0 spiro atoms. The predicted molar refractivity (Wildman–Crippen MR) is 73.3 cm³/mol. The molecule has 1 aromatic carbocycles. The van der Waals surface area contributed by atoms with Crippen LogP contribution in [0.15, 0.2) is 36.7 Å². The molecule has 0 amide bonds. The van der Waals surface area contributed by atoms with Gasteiger partial charge in [-0.2, -0.15) is 0 Å². The lowest BCUT2D eigenvalue weighted by molar-refractivity contribution is 0.324. The molecule has 0 unspecified atom stereocenters. The van der Waals surface area contributed by atoms with E-state index >= 15 is 0 Å². The van der Waals surface area contributed by atoms with Gasteiger partial charge in [0.15, 0.2) is 5.75 Å². The molecule has 19 heavy (non-hydrogen) atoms. The molecular weight excluding hydrogens is 240 g/mol. The summed E-state index contributed by atoms with van der Waals surface area (Å²) in [6.45, 7) is 1.51. The number of imidazole rings is 1. The smallest absolute Gasteiger partial charge is 0.153 e. The maximum absolute atomic E-state index is 5.77. The molecule has 0 bridgehead atoms. The van der Waals surface area contributed by atoms with Crippen molar-refractivity contribution in [3.05, 3.63) is 36.7 Å². The highest BCUT2D eigenvalue weighted by atomic mass is 16.5. The fourth-order valence-electron chi connectivity index (χ4n) is 2.34. The first-order valence-electron chi connectivity index (χ1n) is 6.21. The number of fused-ring (bicyclic) bond motifs is 2. The Balaban J connectivity index is 1.92. The number of nitrogens with one attached hydrogen (secondary N) is 2. The Morgan fingerprint density at radius 2 is 2.21 bits per heavy atom. The quantitative estimate of drug-likeness (QED) is 0.698. The van der Waals surface area contributed by atoms with Crippen molar-refractivity contribution >= 4 is 16.7 Å². The normalized spacial score (nSPS) is 13.7. The minimum Gasteiger partial charge on any atom is -0.489 e. The molecule has 4 rings (SSSR count). The molecule has 3 heterocycles. The largest absolute Gasteiger partial charge is 0.489 e. The molecule has 0 radical (unpaired) electrons. The second-order valence-electron chi connectivity index (χ2n) is 4.44. The second-order valence-corrected chi connectivity index (χ2v) is 4.44. The van der Waals surface area contributed by atoms with Crippen molar-refractivity contribution in [1.29, 1.82) is 0 Å². The van der Waals surface area contributed by atoms with Gasteiger partial charge >= 0.3 is 0 Å². The zero-order valence-corrected chi connectivity index (χ0v) is 10.2. The summed E-state index contributed by atoms with van der Waals surface area (Å²) in [7, 11) is 0. The molecule has 1 aliphatic heterocycles. The van der Waals surface area contributed by atoms with Crippen LogP contribution in [0.3, 0.4) is 0 Å². The number of aromatic nitrogens is 3. The summed E-state index contributed by atoms with van der Waals surface area (Å²) >= 11 is 0. The van der Waals surface area contributed by atoms with Crippen LogP contribution in [-0.2, 0) is 0 Å². The second kappa shape index (κ2) is 3.98. The summed E-state index contributed by atoms with van der Waals surface area (Å²) in [5.41, 5.74) is 3.83. The molecule has 3 aromatic rings. The van der Waals surface area contributed by atoms with Crippen molar-refractivity contribution in [3.8, 4) is 17.1 Å². The Bertz CT molecular complexity index is 717. The van der Waals surface area contributed by atoms with E-state index in [1.54, 1.807) is 12.4 Å². The predicted octanol–water partition coefficient (Wildman–Crippen LogP) is 2.43. The van der Waals surface area contributed by atoms with Gasteiger partial charge in [-0.3, -0.25) is 4.98 Å². The number of benzene rings is 1. The molecule has 0 aliphatic carbocycles. The van der Waals surface area contributed by atoms with Gasteiger partial charge in [0.2, 0.25) is 0 Å². The average molecular weight is 252 g/mol. The van der Waals surface area contributed by atoms with Gasteiger partial charge < -0.3 is 15.0 Å². The van der Waals surface area contributed by atoms with Crippen molar-refractivity contribution in [2.45, 2.75) is 0 Å². The molecule has 5 nitrogen and oxygen atoms in total. The number of hydrogen-bond donors (Lipinski definition) is 2. The van der Waals surface area contributed by atoms with Gasteiger partial charge in [-0.15, -0.1) is 0 Å². The summed E-state index contributed by atoms with van der Waals surface area (Å²) in [6.07, 6.45) is 3.52. The number of rotatable bonds is 1. The van der Waals surface area contributed by atoms with E-state index in [1.165, 1.54) is 0 Å². The van der Waals surface area contributed by atoms with Crippen molar-refractivity contribution in [1.82, 2.24) is 15.0 Å². The summed E-state index contributed by atoms with van der Waals surface area (Å²) in [5.74, 6) is 1.67. The van der Waals surface area contributed by atoms with E-state index in [0.717, 1.165) is 40.4 Å². The third-order valence-electron chi connectivity index (χ3n) is 3.22. The Hall–Kier alpha value is -2.56. The molecule has 0 atom stereocenters. The molecule has 2 N–H and O–H groups in total. The maximum Gasteiger partial charge on any atom is 0.153 e. The van der Waals surface area contributed by atoms with Gasteiger partial charge in [0.05, 0.1) is 28.5 Å². The number of ether oxygens (including phenoxy) is 1. The van der Waals surface area contributed by atoms with Gasteiger partial charge in [0, 0.05) is 12.7 Å². The number of H-pyrrole nitrogens is 1. The third kappa shape index (κ3) is 1.62. The molecule has 0 saturated carbocycles. The highest BCUT2D eigenvalue weighted by molar-refractivity contribution is 5.82. The van der Waals surface area contributed by atoms with Gasteiger partial charge in [-0.1, -0.05) is 6.07 Å². The zero-order chi connectivity index (χ0) is 12.7. The van der Waals surface area contributed by atoms with Gasteiger partial charge in [0.25, 0.3) is 0 Å². The Morgan fingerprint density at radius 3 is 3.16 bits per heavy atom. The van der Waals surface area contributed by atoms with Crippen LogP contribution in [0.4, 0.5) is 5.69 Å². The number of hydrogen-bond acceptors (Lipinski definition) is 4. The maximum atomic E-state index is 5.77. The van der Waals surface area contributed by atoms with Crippen molar-refractivity contribution in [2.75, 3.05) is 18.5 Å². The summed E-state index contributed by atoms with van der Waals surface area (Å²) in [6, 6.07) is 7.92. The van der Waals surface area contributed by atoms with Crippen LogP contribution in [0.2, 0.25) is 0 Å². The van der Waals surface area contributed by atoms with Crippen LogP contribution >= 0.6 is 0 Å². The molecule has 5 heteroatoms. The van der Waals surface area contributed by atoms with Crippen LogP contribution in [0, 0.1) is 0 Å². The van der Waals surface area contributed by atoms with Gasteiger partial charge in [-0.25, -0.2) is 4.98 Å². The first kappa shape index (κ1) is 10.4. The molecule has 2 aromatic heterocycles. The highest BCUT2D eigenvalue weighted by Gasteiger charge is 2.17. The summed E-state index contributed by atoms with van der Waals surface area (Å²) in [4.78, 5) is 12.0. The number of pyridine rings is 1. The number of nitrogens with zero attached hydrogens (tertiary/aromatic N) is 2. The first-order chi connectivity index (χ1) is 9.42. The standard InChI is InChI=1S/C14H12N4O/c1-2-9(13-11(3-1)16-6-7-19-13)14-17-10-4-5-15-8-12(10)18-14/h1-5,8,16H,6-7H2,(H,17,18). The van der Waals surface area contributed by atoms with E-state index in [2.05, 4.69) is 20.3 Å². The van der Waals surface area contributed by atoms with Crippen LogP contribution in [0.1, 0.15) is 0 Å². The van der Waals surface area contributed by atoms with E-state index in [1.807, 2.05) is 24.3 Å². The van der Waals surface area contributed by atoms with E-state index in [4.69, 9.17) is 4.74 Å². The van der Waals surface area contributed by atoms with Crippen molar-refractivity contribution in [2.24, 2.45) is 0 Å². The van der Waals surface area contributed by atoms with Crippen molar-refractivity contribution < 1.29 is 4.74 Å². The van der Waals surface area contributed by atoms with Crippen LogP contribution in [0.5, 0.6) is 5.75 Å². The number of aromatic amines is 1. The fraction of sp³-hybridized carbons (Fsp3) is 0.143. The monoisotopic (exact) mass is 252 g/mol. The topological polar surface area (TPSA) is 62.8 Å². The lowest BCUT2D eigenvalue weighted by Crippen LogP contribution is -2.18. The van der Waals surface area contributed by atoms with Gasteiger partial charge in [0.1, 0.15) is 12.4 Å². The number of para-hydroxylation sites is 1. The third-order valence-corrected chi connectivity index (χ3v) is 3.22. The van der Waals surface area contributed by atoms with Crippen molar-refractivity contribution in [3.63, 3.8) is 0 Å². The summed E-state index contributed by atoms with van der Waals surface area (Å²) in [5, 5.41) is 3.33. The molecule has 0 fully saturated rings. The minimum atomic E-state index is 0.672. The van der Waals surface area contributed by atoms with Crippen LogP contribution < -0.4 is 10.1 Å². The molecule has 1 aliphatic rings. The SMILES string of the molecule is c1cc2c(c(-c3nc4ccncc4[nH]3)c1)OCCN2. The van der Waals surface area contributed by atoms with E-state index in [-0.39, 0.29) is 0 Å².